The van der Waals surface area contributed by atoms with Gasteiger partial charge < -0.3 is 19.5 Å². The van der Waals surface area contributed by atoms with Crippen LogP contribution in [0.15, 0.2) is 24.8 Å². The van der Waals surface area contributed by atoms with Crippen LogP contribution in [-0.2, 0) is 0 Å². The van der Waals surface area contributed by atoms with Crippen LogP contribution in [0.25, 0.3) is 0 Å². The fourth-order valence-corrected chi connectivity index (χ4v) is 3.17. The van der Waals surface area contributed by atoms with Crippen molar-refractivity contribution >= 4 is 24.8 Å². The van der Waals surface area contributed by atoms with Crippen LogP contribution < -0.4 is 19.5 Å². The number of nitrogens with one attached hydrogen (secondary N) is 1. The topological polar surface area (TPSA) is 43.0 Å². The summed E-state index contributed by atoms with van der Waals surface area (Å²) >= 11 is 0. The molecule has 2 heterocycles. The van der Waals surface area contributed by atoms with Crippen LogP contribution in [-0.4, -0.2) is 45.0 Å². The van der Waals surface area contributed by atoms with Gasteiger partial charge in [-0.2, -0.15) is 0 Å². The predicted octanol–water partition coefficient (Wildman–Crippen LogP) is 3.18. The zero-order valence-corrected chi connectivity index (χ0v) is 15.6. The van der Waals surface area contributed by atoms with Crippen LogP contribution in [0.1, 0.15) is 24.4 Å². The molecule has 24 heavy (non-hydrogen) atoms. The molecule has 1 fully saturated rings. The van der Waals surface area contributed by atoms with Gasteiger partial charge in [-0.05, 0) is 30.5 Å². The van der Waals surface area contributed by atoms with Crippen molar-refractivity contribution in [3.8, 4) is 17.2 Å². The Labute approximate surface area is 156 Å². The molecule has 1 atom stereocenters. The van der Waals surface area contributed by atoms with Gasteiger partial charge in [-0.1, -0.05) is 6.08 Å². The molecule has 0 bridgehead atoms. The summed E-state index contributed by atoms with van der Waals surface area (Å²) < 4.78 is 16.5. The maximum absolute atomic E-state index is 5.57. The number of piperazine rings is 1. The third-order valence-corrected chi connectivity index (χ3v) is 4.30. The van der Waals surface area contributed by atoms with E-state index in [9.17, 15) is 0 Å². The quantitative estimate of drug-likeness (QED) is 0.772. The van der Waals surface area contributed by atoms with E-state index >= 15 is 0 Å². The Morgan fingerprint density at radius 3 is 2.71 bits per heavy atom. The minimum atomic E-state index is 0. The highest BCUT2D eigenvalue weighted by Gasteiger charge is 2.26. The number of benzene rings is 1. The van der Waals surface area contributed by atoms with Gasteiger partial charge in [0.1, 0.15) is 0 Å². The van der Waals surface area contributed by atoms with Crippen molar-refractivity contribution in [1.82, 2.24) is 10.2 Å². The van der Waals surface area contributed by atoms with Crippen molar-refractivity contribution in [2.24, 2.45) is 0 Å². The van der Waals surface area contributed by atoms with Crippen molar-refractivity contribution < 1.29 is 14.2 Å². The number of nitrogens with zero attached hydrogens (tertiary/aromatic N) is 1. The van der Waals surface area contributed by atoms with E-state index in [0.717, 1.165) is 50.5 Å². The van der Waals surface area contributed by atoms with Crippen LogP contribution in [0.4, 0.5) is 0 Å². The van der Waals surface area contributed by atoms with Gasteiger partial charge in [0.2, 0.25) is 12.5 Å². The summed E-state index contributed by atoms with van der Waals surface area (Å²) in [5, 5.41) is 3.41. The van der Waals surface area contributed by atoms with Gasteiger partial charge in [0.25, 0.3) is 0 Å². The molecule has 7 heteroatoms. The van der Waals surface area contributed by atoms with Crippen LogP contribution in [0.5, 0.6) is 17.2 Å². The Kier molecular flexibility index (Phi) is 8.70. The van der Waals surface area contributed by atoms with Gasteiger partial charge in [-0.15, -0.1) is 31.4 Å². The van der Waals surface area contributed by atoms with Crippen molar-refractivity contribution in [2.45, 2.75) is 18.9 Å². The molecule has 1 aromatic rings. The SMILES string of the molecule is C=CCC[C@@H](c1cc(OC)c2c(c1)OCO2)N1CCNCC1.Cl.Cl. The van der Waals surface area contributed by atoms with E-state index < -0.39 is 0 Å². The van der Waals surface area contributed by atoms with Crippen LogP contribution in [0, 0.1) is 0 Å². The smallest absolute Gasteiger partial charge is 0.231 e. The van der Waals surface area contributed by atoms with E-state index in [1.807, 2.05) is 6.08 Å². The molecule has 0 saturated carbocycles. The second-order valence-corrected chi connectivity index (χ2v) is 5.62. The number of rotatable bonds is 6. The lowest BCUT2D eigenvalue weighted by molar-refractivity contribution is 0.165. The Morgan fingerprint density at radius 2 is 2.04 bits per heavy atom. The van der Waals surface area contributed by atoms with Crippen LogP contribution in [0.2, 0.25) is 0 Å². The summed E-state index contributed by atoms with van der Waals surface area (Å²) in [6.45, 7) is 8.30. The molecule has 0 aliphatic carbocycles. The van der Waals surface area contributed by atoms with E-state index in [0.29, 0.717) is 11.8 Å². The molecule has 0 radical (unpaired) electrons. The Balaban J connectivity index is 0.00000144. The Bertz CT molecular complexity index is 537. The van der Waals surface area contributed by atoms with Gasteiger partial charge in [-0.3, -0.25) is 4.90 Å². The minimum Gasteiger partial charge on any atom is -0.493 e. The summed E-state index contributed by atoms with van der Waals surface area (Å²) in [4.78, 5) is 2.52. The van der Waals surface area contributed by atoms with Gasteiger partial charge in [0, 0.05) is 32.2 Å². The first-order valence-electron chi connectivity index (χ1n) is 7.86. The molecule has 5 nitrogen and oxygen atoms in total. The van der Waals surface area contributed by atoms with Crippen LogP contribution >= 0.6 is 24.8 Å². The number of halogens is 2. The number of ether oxygens (including phenoxy) is 3. The molecular formula is C17H26Cl2N2O3. The first kappa shape index (κ1) is 20.9. The average Bonchev–Trinajstić information content (AvgIpc) is 3.04. The fraction of sp³-hybridized carbons (Fsp3) is 0.529. The molecule has 136 valence electrons. The second-order valence-electron chi connectivity index (χ2n) is 5.62. The maximum atomic E-state index is 5.57. The summed E-state index contributed by atoms with van der Waals surface area (Å²) in [6, 6.07) is 4.53. The molecule has 1 saturated heterocycles. The summed E-state index contributed by atoms with van der Waals surface area (Å²) in [5.41, 5.74) is 1.23. The standard InChI is InChI=1S/C17H24N2O3.2ClH/c1-3-4-5-14(19-8-6-18-7-9-19)13-10-15(20-2)17-16(11-13)21-12-22-17;;/h3,10-11,14,18H,1,4-9,12H2,2H3;2*1H/t14-;;/m0../s1. The van der Waals surface area contributed by atoms with Crippen molar-refractivity contribution in [2.75, 3.05) is 40.1 Å². The number of methoxy groups -OCH3 is 1. The Hall–Kier alpha value is -1.14. The van der Waals surface area contributed by atoms with Gasteiger partial charge in [0.15, 0.2) is 11.5 Å². The first-order chi connectivity index (χ1) is 10.8. The Morgan fingerprint density at radius 1 is 1.29 bits per heavy atom. The maximum Gasteiger partial charge on any atom is 0.231 e. The molecule has 0 aromatic heterocycles. The number of hydrogen-bond donors (Lipinski definition) is 1. The molecule has 0 amide bonds. The van der Waals surface area contributed by atoms with Gasteiger partial charge in [-0.25, -0.2) is 0 Å². The average molecular weight is 377 g/mol. The number of hydrogen-bond acceptors (Lipinski definition) is 5. The highest BCUT2D eigenvalue weighted by Crippen LogP contribution is 2.44. The van der Waals surface area contributed by atoms with Crippen molar-refractivity contribution in [1.29, 1.82) is 0 Å². The van der Waals surface area contributed by atoms with Crippen LogP contribution in [0.3, 0.4) is 0 Å². The monoisotopic (exact) mass is 376 g/mol. The highest BCUT2D eigenvalue weighted by molar-refractivity contribution is 5.85. The zero-order valence-electron chi connectivity index (χ0n) is 14.0. The third kappa shape index (κ3) is 4.48. The van der Waals surface area contributed by atoms with Crippen molar-refractivity contribution in [3.05, 3.63) is 30.4 Å². The largest absolute Gasteiger partial charge is 0.493 e. The molecule has 0 unspecified atom stereocenters. The molecule has 3 rings (SSSR count). The third-order valence-electron chi connectivity index (χ3n) is 4.30. The van der Waals surface area contributed by atoms with E-state index in [-0.39, 0.29) is 31.6 Å². The van der Waals surface area contributed by atoms with E-state index in [1.165, 1.54) is 5.56 Å². The fourth-order valence-electron chi connectivity index (χ4n) is 3.17. The summed E-state index contributed by atoms with van der Waals surface area (Å²) in [5.74, 6) is 2.26. The molecule has 2 aliphatic rings. The molecule has 1 aromatic carbocycles. The number of allylic oxidation sites excluding steroid dienone is 1. The first-order valence-corrected chi connectivity index (χ1v) is 7.86. The van der Waals surface area contributed by atoms with Gasteiger partial charge >= 0.3 is 0 Å². The predicted molar refractivity (Wildman–Crippen MR) is 100 cm³/mol. The lowest BCUT2D eigenvalue weighted by atomic mass is 9.98. The number of fused-ring (bicyclic) bond motifs is 1. The zero-order chi connectivity index (χ0) is 15.4. The second kappa shape index (κ2) is 9.99. The van der Waals surface area contributed by atoms with Crippen molar-refractivity contribution in [3.63, 3.8) is 0 Å². The van der Waals surface area contributed by atoms with E-state index in [1.54, 1.807) is 7.11 Å². The van der Waals surface area contributed by atoms with E-state index in [2.05, 4.69) is 28.9 Å². The summed E-state index contributed by atoms with van der Waals surface area (Å²) in [7, 11) is 1.67. The highest BCUT2D eigenvalue weighted by atomic mass is 35.5. The van der Waals surface area contributed by atoms with Gasteiger partial charge in [0.05, 0.1) is 7.11 Å². The van der Waals surface area contributed by atoms with E-state index in [4.69, 9.17) is 14.2 Å². The normalized spacial score (nSPS) is 17.4. The molecule has 2 aliphatic heterocycles. The molecular weight excluding hydrogens is 351 g/mol. The molecule has 0 spiro atoms. The minimum absolute atomic E-state index is 0. The molecule has 1 N–H and O–H groups in total. The lowest BCUT2D eigenvalue weighted by Crippen LogP contribution is -2.45. The summed E-state index contributed by atoms with van der Waals surface area (Å²) in [6.07, 6.45) is 4.02. The lowest BCUT2D eigenvalue weighted by Gasteiger charge is -2.35.